The van der Waals surface area contributed by atoms with Crippen molar-refractivity contribution in [3.63, 3.8) is 0 Å². The minimum Gasteiger partial charge on any atom is -0.346 e. The minimum atomic E-state index is 0.0711. The van der Waals surface area contributed by atoms with Crippen molar-refractivity contribution in [1.29, 1.82) is 0 Å². The number of aromatic nitrogens is 2. The van der Waals surface area contributed by atoms with Crippen molar-refractivity contribution in [3.05, 3.63) is 30.1 Å². The Hall–Kier alpha value is -1.35. The maximum Gasteiger partial charge on any atom is 0.137 e. The summed E-state index contributed by atoms with van der Waals surface area (Å²) in [6.07, 6.45) is 3.74. The summed E-state index contributed by atoms with van der Waals surface area (Å²) >= 11 is 0. The van der Waals surface area contributed by atoms with Crippen molar-refractivity contribution in [2.45, 2.75) is 19.9 Å². The Morgan fingerprint density at radius 3 is 2.93 bits per heavy atom. The Morgan fingerprint density at radius 1 is 1.43 bits per heavy atom. The van der Waals surface area contributed by atoms with E-state index in [9.17, 15) is 0 Å². The molecular formula is C11H15N3. The van der Waals surface area contributed by atoms with E-state index in [2.05, 4.69) is 29.9 Å². The Kier molecular flexibility index (Phi) is 2.25. The fraction of sp³-hybridized carbons (Fsp3) is 0.364. The van der Waals surface area contributed by atoms with Gasteiger partial charge in [0, 0.05) is 23.8 Å². The Morgan fingerprint density at radius 2 is 2.21 bits per heavy atom. The van der Waals surface area contributed by atoms with Crippen LogP contribution in [0.5, 0.6) is 0 Å². The Bertz CT molecular complexity index is 431. The Labute approximate surface area is 83.3 Å². The number of rotatable bonds is 2. The molecule has 3 nitrogen and oxygen atoms in total. The van der Waals surface area contributed by atoms with Crippen LogP contribution in [0.1, 0.15) is 25.5 Å². The summed E-state index contributed by atoms with van der Waals surface area (Å²) < 4.78 is 0. The number of pyridine rings is 1. The van der Waals surface area contributed by atoms with Gasteiger partial charge in [-0.3, -0.25) is 0 Å². The number of H-pyrrole nitrogens is 1. The zero-order valence-corrected chi connectivity index (χ0v) is 8.49. The molecule has 3 heteroatoms. The highest BCUT2D eigenvalue weighted by molar-refractivity contribution is 5.75. The fourth-order valence-corrected chi connectivity index (χ4v) is 1.52. The smallest absolute Gasteiger partial charge is 0.137 e. The molecule has 0 aromatic carbocycles. The molecule has 0 bridgehead atoms. The number of hydrogen-bond donors (Lipinski definition) is 2. The normalized spacial score (nSPS) is 13.7. The third-order valence-corrected chi connectivity index (χ3v) is 2.52. The predicted octanol–water partition coefficient (Wildman–Crippen LogP) is 2.22. The summed E-state index contributed by atoms with van der Waals surface area (Å²) in [7, 11) is 0. The van der Waals surface area contributed by atoms with Gasteiger partial charge in [-0.25, -0.2) is 4.98 Å². The molecule has 2 rings (SSSR count). The molecule has 0 aliphatic rings. The van der Waals surface area contributed by atoms with Crippen LogP contribution in [0.15, 0.2) is 24.5 Å². The second-order valence-corrected chi connectivity index (χ2v) is 3.95. The van der Waals surface area contributed by atoms with Crippen molar-refractivity contribution in [2.75, 3.05) is 0 Å². The van der Waals surface area contributed by atoms with Crippen molar-refractivity contribution in [2.24, 2.45) is 11.7 Å². The SMILES string of the molecule is CC(C)[C@@H](N)c1cnc2[nH]ccc2c1. The molecule has 0 saturated heterocycles. The van der Waals surface area contributed by atoms with E-state index in [1.54, 1.807) is 0 Å². The molecule has 0 spiro atoms. The van der Waals surface area contributed by atoms with Gasteiger partial charge in [0.1, 0.15) is 5.65 Å². The van der Waals surface area contributed by atoms with Crippen LogP contribution in [-0.2, 0) is 0 Å². The first kappa shape index (κ1) is 9.21. The molecule has 0 saturated carbocycles. The van der Waals surface area contributed by atoms with Gasteiger partial charge in [-0.05, 0) is 23.6 Å². The summed E-state index contributed by atoms with van der Waals surface area (Å²) in [6, 6.07) is 4.18. The standard InChI is InChI=1S/C11H15N3/c1-7(2)10(12)9-5-8-3-4-13-11(8)14-6-9/h3-7,10H,12H2,1-2H3,(H,13,14)/t10-/m1/s1. The van der Waals surface area contributed by atoms with Crippen LogP contribution in [0.25, 0.3) is 11.0 Å². The number of aromatic amines is 1. The van der Waals surface area contributed by atoms with E-state index >= 15 is 0 Å². The molecule has 2 aromatic heterocycles. The molecule has 0 aliphatic carbocycles. The second kappa shape index (κ2) is 3.42. The predicted molar refractivity (Wildman–Crippen MR) is 57.9 cm³/mol. The lowest BCUT2D eigenvalue weighted by Crippen LogP contribution is -2.16. The zero-order chi connectivity index (χ0) is 10.1. The van der Waals surface area contributed by atoms with Crippen LogP contribution in [0.2, 0.25) is 0 Å². The second-order valence-electron chi connectivity index (χ2n) is 3.95. The van der Waals surface area contributed by atoms with Crippen LogP contribution in [-0.4, -0.2) is 9.97 Å². The quantitative estimate of drug-likeness (QED) is 0.761. The number of fused-ring (bicyclic) bond motifs is 1. The molecule has 74 valence electrons. The van der Waals surface area contributed by atoms with Crippen LogP contribution in [0.3, 0.4) is 0 Å². The monoisotopic (exact) mass is 189 g/mol. The molecule has 0 unspecified atom stereocenters. The fourth-order valence-electron chi connectivity index (χ4n) is 1.52. The van der Waals surface area contributed by atoms with E-state index in [1.165, 1.54) is 0 Å². The molecule has 0 aliphatic heterocycles. The lowest BCUT2D eigenvalue weighted by atomic mass is 9.98. The largest absolute Gasteiger partial charge is 0.346 e. The first-order valence-electron chi connectivity index (χ1n) is 4.87. The summed E-state index contributed by atoms with van der Waals surface area (Å²) in [5.74, 6) is 0.438. The van der Waals surface area contributed by atoms with Crippen LogP contribution < -0.4 is 5.73 Å². The maximum absolute atomic E-state index is 6.05. The third-order valence-electron chi connectivity index (χ3n) is 2.52. The first-order valence-corrected chi connectivity index (χ1v) is 4.87. The molecule has 3 N–H and O–H groups in total. The topological polar surface area (TPSA) is 54.7 Å². The van der Waals surface area contributed by atoms with E-state index in [0.717, 1.165) is 16.6 Å². The summed E-state index contributed by atoms with van der Waals surface area (Å²) in [5, 5.41) is 1.12. The zero-order valence-electron chi connectivity index (χ0n) is 8.49. The van der Waals surface area contributed by atoms with Gasteiger partial charge in [0.25, 0.3) is 0 Å². The first-order chi connectivity index (χ1) is 6.68. The maximum atomic E-state index is 6.05. The summed E-state index contributed by atoms with van der Waals surface area (Å²) in [6.45, 7) is 4.23. The van der Waals surface area contributed by atoms with Crippen molar-refractivity contribution < 1.29 is 0 Å². The molecule has 0 radical (unpaired) electrons. The lowest BCUT2D eigenvalue weighted by molar-refractivity contribution is 0.513. The molecule has 14 heavy (non-hydrogen) atoms. The molecule has 2 aromatic rings. The average molecular weight is 189 g/mol. The van der Waals surface area contributed by atoms with E-state index in [0.29, 0.717) is 5.92 Å². The highest BCUT2D eigenvalue weighted by Gasteiger charge is 2.11. The molecule has 0 amide bonds. The van der Waals surface area contributed by atoms with Crippen molar-refractivity contribution >= 4 is 11.0 Å². The van der Waals surface area contributed by atoms with E-state index in [1.807, 2.05) is 18.5 Å². The van der Waals surface area contributed by atoms with Gasteiger partial charge in [0.05, 0.1) is 0 Å². The number of hydrogen-bond acceptors (Lipinski definition) is 2. The molecular weight excluding hydrogens is 174 g/mol. The lowest BCUT2D eigenvalue weighted by Gasteiger charge is -2.15. The van der Waals surface area contributed by atoms with Gasteiger partial charge >= 0.3 is 0 Å². The van der Waals surface area contributed by atoms with Gasteiger partial charge in [0.15, 0.2) is 0 Å². The average Bonchev–Trinajstić information content (AvgIpc) is 2.62. The van der Waals surface area contributed by atoms with Gasteiger partial charge in [0.2, 0.25) is 0 Å². The molecule has 0 fully saturated rings. The minimum absolute atomic E-state index is 0.0711. The number of nitrogens with two attached hydrogens (primary N) is 1. The molecule has 1 atom stereocenters. The van der Waals surface area contributed by atoms with Crippen molar-refractivity contribution in [1.82, 2.24) is 9.97 Å². The molecule has 2 heterocycles. The van der Waals surface area contributed by atoms with E-state index in [-0.39, 0.29) is 6.04 Å². The van der Waals surface area contributed by atoms with E-state index < -0.39 is 0 Å². The summed E-state index contributed by atoms with van der Waals surface area (Å²) in [4.78, 5) is 7.37. The van der Waals surface area contributed by atoms with Crippen molar-refractivity contribution in [3.8, 4) is 0 Å². The Balaban J connectivity index is 2.43. The van der Waals surface area contributed by atoms with Gasteiger partial charge in [-0.2, -0.15) is 0 Å². The van der Waals surface area contributed by atoms with Gasteiger partial charge < -0.3 is 10.7 Å². The number of nitrogens with zero attached hydrogens (tertiary/aromatic N) is 1. The van der Waals surface area contributed by atoms with Crippen LogP contribution in [0, 0.1) is 5.92 Å². The highest BCUT2D eigenvalue weighted by Crippen LogP contribution is 2.21. The number of nitrogens with one attached hydrogen (secondary N) is 1. The van der Waals surface area contributed by atoms with Crippen LogP contribution >= 0.6 is 0 Å². The van der Waals surface area contributed by atoms with E-state index in [4.69, 9.17) is 5.73 Å². The highest BCUT2D eigenvalue weighted by atomic mass is 14.8. The summed E-state index contributed by atoms with van der Waals surface area (Å²) in [5.41, 5.74) is 8.07. The third kappa shape index (κ3) is 1.51. The van der Waals surface area contributed by atoms with Crippen LogP contribution in [0.4, 0.5) is 0 Å². The van der Waals surface area contributed by atoms with Gasteiger partial charge in [-0.15, -0.1) is 0 Å². The van der Waals surface area contributed by atoms with Gasteiger partial charge in [-0.1, -0.05) is 13.8 Å².